The minimum Gasteiger partial charge on any atom is -0.481 e. The number of H-pyrrole nitrogens is 1. The molecule has 0 amide bonds. The van der Waals surface area contributed by atoms with E-state index < -0.39 is 5.97 Å². The summed E-state index contributed by atoms with van der Waals surface area (Å²) in [6, 6.07) is 7.19. The van der Waals surface area contributed by atoms with Crippen LogP contribution in [0.5, 0.6) is 0 Å². The maximum Gasteiger partial charge on any atom is 0.307 e. The van der Waals surface area contributed by atoms with Crippen LogP contribution in [0, 0.1) is 11.7 Å². The average molecular weight is 408 g/mol. The van der Waals surface area contributed by atoms with Gasteiger partial charge in [0.25, 0.3) is 0 Å². The highest BCUT2D eigenvalue weighted by Gasteiger charge is 2.19. The lowest BCUT2D eigenvalue weighted by atomic mass is 10.1. The smallest absolute Gasteiger partial charge is 0.307 e. The first-order valence-electron chi connectivity index (χ1n) is 7.06. The Bertz CT molecular complexity index is 971. The highest BCUT2D eigenvalue weighted by atomic mass is 79.9. The van der Waals surface area contributed by atoms with Crippen molar-refractivity contribution in [1.82, 2.24) is 24.5 Å². The molecule has 0 saturated heterocycles. The van der Waals surface area contributed by atoms with Crippen molar-refractivity contribution >= 4 is 34.1 Å². The number of nitrogens with zero attached hydrogens (tertiary/aromatic N) is 4. The fourth-order valence-electron chi connectivity index (χ4n) is 2.51. The van der Waals surface area contributed by atoms with Gasteiger partial charge in [-0.1, -0.05) is 12.1 Å². The first kappa shape index (κ1) is 16.6. The molecule has 0 atom stereocenters. The lowest BCUT2D eigenvalue weighted by Gasteiger charge is -2.08. The van der Waals surface area contributed by atoms with Crippen LogP contribution in [-0.4, -0.2) is 35.6 Å². The molecule has 0 fully saturated rings. The maximum absolute atomic E-state index is 10.8. The lowest BCUT2D eigenvalue weighted by Crippen LogP contribution is -2.03. The number of benzene rings is 1. The quantitative estimate of drug-likeness (QED) is 0.648. The summed E-state index contributed by atoms with van der Waals surface area (Å²) in [5.74, 6) is -0.237. The van der Waals surface area contributed by atoms with Crippen LogP contribution in [0.15, 0.2) is 28.7 Å². The van der Waals surface area contributed by atoms with Crippen molar-refractivity contribution < 1.29 is 9.90 Å². The fraction of sp³-hybridized carbons (Fsp3) is 0.200. The van der Waals surface area contributed by atoms with Crippen molar-refractivity contribution in [3.8, 4) is 17.2 Å². The Labute approximate surface area is 151 Å². The molecule has 2 N–H and O–H groups in total. The summed E-state index contributed by atoms with van der Waals surface area (Å²) in [5, 5.41) is 20.4. The monoisotopic (exact) mass is 407 g/mol. The van der Waals surface area contributed by atoms with Gasteiger partial charge in [-0.15, -0.1) is 0 Å². The zero-order valence-electron chi connectivity index (χ0n) is 12.9. The van der Waals surface area contributed by atoms with Gasteiger partial charge in [-0.3, -0.25) is 19.1 Å². The number of rotatable bonds is 4. The predicted octanol–water partition coefficient (Wildman–Crippen LogP) is 3.03. The number of aryl methyl sites for hydroxylation is 2. The van der Waals surface area contributed by atoms with Crippen LogP contribution in [0.2, 0.25) is 0 Å². The standard InChI is InChI=1S/C15H14BrN5O2S/c1-8-12(16)13(20(2)19-8)14-17-18-15(24)21(14)10-5-3-9(4-6-10)7-11(22)23/h3-6H,7H2,1-2H3,(H,18,24)(H,22,23). The highest BCUT2D eigenvalue weighted by Crippen LogP contribution is 2.30. The second kappa shape index (κ2) is 6.33. The first-order chi connectivity index (χ1) is 11.4. The van der Waals surface area contributed by atoms with E-state index >= 15 is 0 Å². The minimum atomic E-state index is -0.863. The largest absolute Gasteiger partial charge is 0.481 e. The summed E-state index contributed by atoms with van der Waals surface area (Å²) < 4.78 is 4.82. The van der Waals surface area contributed by atoms with Crippen LogP contribution in [0.25, 0.3) is 17.2 Å². The van der Waals surface area contributed by atoms with Crippen molar-refractivity contribution in [2.24, 2.45) is 7.05 Å². The van der Waals surface area contributed by atoms with Crippen molar-refractivity contribution in [2.45, 2.75) is 13.3 Å². The highest BCUT2D eigenvalue weighted by molar-refractivity contribution is 9.10. The Balaban J connectivity index is 2.11. The number of carbonyl (C=O) groups is 1. The molecule has 3 aromatic rings. The van der Waals surface area contributed by atoms with Gasteiger partial charge in [0.2, 0.25) is 0 Å². The van der Waals surface area contributed by atoms with E-state index in [0.717, 1.165) is 27.1 Å². The topological polar surface area (TPSA) is 88.7 Å². The molecule has 3 rings (SSSR count). The van der Waals surface area contributed by atoms with Crippen LogP contribution < -0.4 is 0 Å². The van der Waals surface area contributed by atoms with Gasteiger partial charge in [-0.05, 0) is 52.8 Å². The van der Waals surface area contributed by atoms with Gasteiger partial charge >= 0.3 is 5.97 Å². The van der Waals surface area contributed by atoms with Gasteiger partial charge in [0.15, 0.2) is 10.6 Å². The second-order valence-electron chi connectivity index (χ2n) is 5.30. The molecule has 0 spiro atoms. The molecular formula is C15H14BrN5O2S. The molecule has 2 aromatic heterocycles. The van der Waals surface area contributed by atoms with Crippen molar-refractivity contribution in [2.75, 3.05) is 0 Å². The fourth-order valence-corrected chi connectivity index (χ4v) is 3.26. The van der Waals surface area contributed by atoms with Crippen LogP contribution >= 0.6 is 28.1 Å². The molecule has 2 heterocycles. The summed E-state index contributed by atoms with van der Waals surface area (Å²) in [6.07, 6.45) is -0.0175. The van der Waals surface area contributed by atoms with Gasteiger partial charge in [-0.2, -0.15) is 10.2 Å². The van der Waals surface area contributed by atoms with Crippen LogP contribution in [0.3, 0.4) is 0 Å². The number of hydrogen-bond donors (Lipinski definition) is 2. The number of aliphatic carboxylic acids is 1. The molecule has 0 bridgehead atoms. The first-order valence-corrected chi connectivity index (χ1v) is 8.26. The molecule has 0 radical (unpaired) electrons. The van der Waals surface area contributed by atoms with E-state index in [0.29, 0.717) is 10.6 Å². The Kier molecular flexibility index (Phi) is 4.37. The molecule has 0 aliphatic rings. The van der Waals surface area contributed by atoms with E-state index in [-0.39, 0.29) is 6.42 Å². The number of hydrogen-bond acceptors (Lipinski definition) is 4. The Morgan fingerprint density at radius 2 is 2.04 bits per heavy atom. The average Bonchev–Trinajstić information content (AvgIpc) is 3.00. The third-order valence-electron chi connectivity index (χ3n) is 3.58. The molecule has 1 aromatic carbocycles. The lowest BCUT2D eigenvalue weighted by molar-refractivity contribution is -0.136. The van der Waals surface area contributed by atoms with Crippen molar-refractivity contribution in [1.29, 1.82) is 0 Å². The van der Waals surface area contributed by atoms with Crippen molar-refractivity contribution in [3.63, 3.8) is 0 Å². The van der Waals surface area contributed by atoms with Crippen LogP contribution in [0.4, 0.5) is 0 Å². The maximum atomic E-state index is 10.8. The van der Waals surface area contributed by atoms with E-state index in [4.69, 9.17) is 17.3 Å². The molecule has 0 aliphatic carbocycles. The number of halogens is 1. The number of nitrogens with one attached hydrogen (secondary N) is 1. The van der Waals surface area contributed by atoms with Gasteiger partial charge in [0, 0.05) is 7.05 Å². The van der Waals surface area contributed by atoms with E-state index in [2.05, 4.69) is 31.2 Å². The Hall–Kier alpha value is -2.26. The summed E-state index contributed by atoms with van der Waals surface area (Å²) in [5.41, 5.74) is 3.17. The third kappa shape index (κ3) is 2.92. The third-order valence-corrected chi connectivity index (χ3v) is 4.81. The van der Waals surface area contributed by atoms with Gasteiger partial charge in [-0.25, -0.2) is 0 Å². The number of carboxylic acids is 1. The molecule has 124 valence electrons. The number of carboxylic acid groups (broad SMARTS) is 1. The van der Waals surface area contributed by atoms with Gasteiger partial charge in [0.05, 0.1) is 22.3 Å². The van der Waals surface area contributed by atoms with E-state index in [9.17, 15) is 4.79 Å². The zero-order valence-corrected chi connectivity index (χ0v) is 15.3. The molecule has 0 unspecified atom stereocenters. The Morgan fingerprint density at radius 1 is 1.38 bits per heavy atom. The summed E-state index contributed by atoms with van der Waals surface area (Å²) in [4.78, 5) is 10.8. The van der Waals surface area contributed by atoms with Crippen molar-refractivity contribution in [3.05, 3.63) is 44.8 Å². The molecule has 0 aliphatic heterocycles. The predicted molar refractivity (Wildman–Crippen MR) is 94.7 cm³/mol. The molecule has 9 heteroatoms. The van der Waals surface area contributed by atoms with E-state index in [1.54, 1.807) is 21.4 Å². The summed E-state index contributed by atoms with van der Waals surface area (Å²) >= 11 is 8.90. The SMILES string of the molecule is Cc1nn(C)c(-c2n[nH]c(=S)n2-c2ccc(CC(=O)O)cc2)c1Br. The van der Waals surface area contributed by atoms with Gasteiger partial charge < -0.3 is 5.11 Å². The molecule has 7 nitrogen and oxygen atoms in total. The number of aromatic nitrogens is 5. The minimum absolute atomic E-state index is 0.0175. The van der Waals surface area contributed by atoms with Crippen LogP contribution in [-0.2, 0) is 18.3 Å². The molecule has 0 saturated carbocycles. The second-order valence-corrected chi connectivity index (χ2v) is 6.48. The van der Waals surface area contributed by atoms with Crippen LogP contribution in [0.1, 0.15) is 11.3 Å². The molecule has 24 heavy (non-hydrogen) atoms. The van der Waals surface area contributed by atoms with E-state index in [1.807, 2.05) is 26.1 Å². The number of aromatic amines is 1. The van der Waals surface area contributed by atoms with E-state index in [1.165, 1.54) is 0 Å². The zero-order chi connectivity index (χ0) is 17.4. The van der Waals surface area contributed by atoms with Gasteiger partial charge in [0.1, 0.15) is 5.69 Å². The molecular weight excluding hydrogens is 394 g/mol. The Morgan fingerprint density at radius 3 is 2.58 bits per heavy atom. The summed E-state index contributed by atoms with van der Waals surface area (Å²) in [6.45, 7) is 1.90. The normalized spacial score (nSPS) is 11.0. The summed E-state index contributed by atoms with van der Waals surface area (Å²) in [7, 11) is 1.84.